The highest BCUT2D eigenvalue weighted by molar-refractivity contribution is 9.10. The molecule has 1 N–H and O–H groups in total. The lowest BCUT2D eigenvalue weighted by atomic mass is 10.2. The topological polar surface area (TPSA) is 29.1 Å². The molecule has 82 valence electrons. The lowest BCUT2D eigenvalue weighted by molar-refractivity contribution is -0.120. The second-order valence-corrected chi connectivity index (χ2v) is 4.33. The number of rotatable bonds is 4. The van der Waals surface area contributed by atoms with E-state index in [0.29, 0.717) is 6.54 Å². The van der Waals surface area contributed by atoms with E-state index in [1.807, 2.05) is 6.92 Å². The van der Waals surface area contributed by atoms with Crippen LogP contribution in [-0.4, -0.2) is 10.7 Å². The average Bonchev–Trinajstić information content (AvgIpc) is 2.26. The molecule has 15 heavy (non-hydrogen) atoms. The zero-order chi connectivity index (χ0) is 11.3. The van der Waals surface area contributed by atoms with Crippen LogP contribution in [0.2, 0.25) is 0 Å². The van der Waals surface area contributed by atoms with Crippen LogP contribution in [0.25, 0.3) is 0 Å². The van der Waals surface area contributed by atoms with Crippen molar-refractivity contribution in [3.05, 3.63) is 35.6 Å². The Labute approximate surface area is 97.0 Å². The Hall–Kier alpha value is -0.900. The molecule has 0 saturated carbocycles. The van der Waals surface area contributed by atoms with Crippen molar-refractivity contribution in [2.24, 2.45) is 0 Å². The van der Waals surface area contributed by atoms with E-state index in [4.69, 9.17) is 0 Å². The summed E-state index contributed by atoms with van der Waals surface area (Å²) in [5.41, 5.74) is 0.889. The summed E-state index contributed by atoms with van der Waals surface area (Å²) in [7, 11) is 0. The third-order valence-corrected chi connectivity index (χ3v) is 3.09. The van der Waals surface area contributed by atoms with Crippen molar-refractivity contribution in [1.29, 1.82) is 0 Å². The average molecular weight is 274 g/mol. The SMILES string of the molecule is CC[C@@H](Br)C(=O)NCc1ccc(F)cc1. The monoisotopic (exact) mass is 273 g/mol. The molecule has 0 saturated heterocycles. The summed E-state index contributed by atoms with van der Waals surface area (Å²) in [6.45, 7) is 2.36. The minimum absolute atomic E-state index is 0.0400. The Morgan fingerprint density at radius 3 is 2.60 bits per heavy atom. The third kappa shape index (κ3) is 4.00. The fourth-order valence-corrected chi connectivity index (χ4v) is 1.25. The molecule has 0 unspecified atom stereocenters. The predicted molar refractivity (Wildman–Crippen MR) is 61.3 cm³/mol. The van der Waals surface area contributed by atoms with E-state index < -0.39 is 0 Å². The Morgan fingerprint density at radius 2 is 2.07 bits per heavy atom. The van der Waals surface area contributed by atoms with Crippen LogP contribution in [-0.2, 0) is 11.3 Å². The highest BCUT2D eigenvalue weighted by Crippen LogP contribution is 2.06. The number of hydrogen-bond donors (Lipinski definition) is 1. The van der Waals surface area contributed by atoms with Crippen LogP contribution in [0.5, 0.6) is 0 Å². The van der Waals surface area contributed by atoms with Crippen LogP contribution in [0.3, 0.4) is 0 Å². The molecule has 2 nitrogen and oxygen atoms in total. The van der Waals surface area contributed by atoms with Crippen molar-refractivity contribution in [3.8, 4) is 0 Å². The van der Waals surface area contributed by atoms with Gasteiger partial charge in [-0.15, -0.1) is 0 Å². The summed E-state index contributed by atoms with van der Waals surface area (Å²) >= 11 is 3.26. The highest BCUT2D eigenvalue weighted by atomic mass is 79.9. The van der Waals surface area contributed by atoms with Crippen LogP contribution in [0.15, 0.2) is 24.3 Å². The number of nitrogens with one attached hydrogen (secondary N) is 1. The Morgan fingerprint density at radius 1 is 1.47 bits per heavy atom. The largest absolute Gasteiger partial charge is 0.351 e. The Kier molecular flexibility index (Phi) is 4.75. The van der Waals surface area contributed by atoms with Gasteiger partial charge in [0.05, 0.1) is 4.83 Å². The first kappa shape index (κ1) is 12.2. The summed E-state index contributed by atoms with van der Waals surface area (Å²) in [5, 5.41) is 2.76. The first-order chi connectivity index (χ1) is 7.13. The second-order valence-electron chi connectivity index (χ2n) is 3.22. The van der Waals surface area contributed by atoms with Crippen molar-refractivity contribution >= 4 is 21.8 Å². The van der Waals surface area contributed by atoms with E-state index in [1.54, 1.807) is 12.1 Å². The fourth-order valence-electron chi connectivity index (χ4n) is 1.09. The first-order valence-corrected chi connectivity index (χ1v) is 5.71. The molecule has 1 atom stereocenters. The molecule has 0 radical (unpaired) electrons. The third-order valence-electron chi connectivity index (χ3n) is 2.02. The van der Waals surface area contributed by atoms with Crippen molar-refractivity contribution in [2.75, 3.05) is 0 Å². The number of benzene rings is 1. The highest BCUT2D eigenvalue weighted by Gasteiger charge is 2.10. The predicted octanol–water partition coefficient (Wildman–Crippen LogP) is 2.62. The molecule has 0 fully saturated rings. The van der Waals surface area contributed by atoms with E-state index in [2.05, 4.69) is 21.2 Å². The van der Waals surface area contributed by atoms with Crippen molar-refractivity contribution < 1.29 is 9.18 Å². The smallest absolute Gasteiger partial charge is 0.234 e. The van der Waals surface area contributed by atoms with Gasteiger partial charge in [0.2, 0.25) is 5.91 Å². The number of halogens is 2. The van der Waals surface area contributed by atoms with E-state index in [9.17, 15) is 9.18 Å². The quantitative estimate of drug-likeness (QED) is 0.840. The summed E-state index contributed by atoms with van der Waals surface area (Å²) in [5.74, 6) is -0.307. The zero-order valence-corrected chi connectivity index (χ0v) is 10.1. The molecule has 1 aromatic rings. The van der Waals surface area contributed by atoms with Gasteiger partial charge in [0, 0.05) is 6.54 Å². The van der Waals surface area contributed by atoms with Gasteiger partial charge in [-0.2, -0.15) is 0 Å². The van der Waals surface area contributed by atoms with Gasteiger partial charge in [-0.25, -0.2) is 4.39 Å². The van der Waals surface area contributed by atoms with Gasteiger partial charge in [-0.05, 0) is 24.1 Å². The molecule has 0 aliphatic rings. The number of alkyl halides is 1. The zero-order valence-electron chi connectivity index (χ0n) is 8.47. The van der Waals surface area contributed by atoms with Crippen molar-refractivity contribution in [1.82, 2.24) is 5.32 Å². The van der Waals surface area contributed by atoms with Crippen molar-refractivity contribution in [2.45, 2.75) is 24.7 Å². The summed E-state index contributed by atoms with van der Waals surface area (Å²) in [6.07, 6.45) is 0.745. The Bertz CT molecular complexity index is 326. The fraction of sp³-hybridized carbons (Fsp3) is 0.364. The van der Waals surface area contributed by atoms with Crippen LogP contribution >= 0.6 is 15.9 Å². The lowest BCUT2D eigenvalue weighted by Gasteiger charge is -2.08. The van der Waals surface area contributed by atoms with Crippen LogP contribution < -0.4 is 5.32 Å². The van der Waals surface area contributed by atoms with Crippen LogP contribution in [0, 0.1) is 5.82 Å². The maximum Gasteiger partial charge on any atom is 0.234 e. The van der Waals surface area contributed by atoms with E-state index in [0.717, 1.165) is 12.0 Å². The maximum absolute atomic E-state index is 12.6. The molecule has 4 heteroatoms. The molecule has 0 heterocycles. The molecule has 1 rings (SSSR count). The normalized spacial score (nSPS) is 12.2. The number of carbonyl (C=O) groups excluding carboxylic acids is 1. The van der Waals surface area contributed by atoms with Crippen LogP contribution in [0.1, 0.15) is 18.9 Å². The number of amides is 1. The minimum Gasteiger partial charge on any atom is -0.351 e. The van der Waals surface area contributed by atoms with Gasteiger partial charge < -0.3 is 5.32 Å². The van der Waals surface area contributed by atoms with Gasteiger partial charge >= 0.3 is 0 Å². The van der Waals surface area contributed by atoms with Gasteiger partial charge in [0.15, 0.2) is 0 Å². The number of carbonyl (C=O) groups is 1. The summed E-state index contributed by atoms with van der Waals surface area (Å²) in [4.78, 5) is 11.2. The lowest BCUT2D eigenvalue weighted by Crippen LogP contribution is -2.30. The molecular formula is C11H13BrFNO. The molecule has 1 amide bonds. The molecule has 0 aromatic heterocycles. The first-order valence-electron chi connectivity index (χ1n) is 4.79. The molecule has 1 aromatic carbocycles. The van der Waals surface area contributed by atoms with Gasteiger partial charge in [0.25, 0.3) is 0 Å². The molecule has 0 aliphatic heterocycles. The second kappa shape index (κ2) is 5.85. The summed E-state index contributed by atoms with van der Waals surface area (Å²) < 4.78 is 12.6. The molecule has 0 aliphatic carbocycles. The molecule has 0 bridgehead atoms. The van der Waals surface area contributed by atoms with Crippen LogP contribution in [0.4, 0.5) is 4.39 Å². The van der Waals surface area contributed by atoms with E-state index >= 15 is 0 Å². The van der Waals surface area contributed by atoms with E-state index in [1.165, 1.54) is 12.1 Å². The molecular weight excluding hydrogens is 261 g/mol. The minimum atomic E-state index is -0.267. The summed E-state index contributed by atoms with van der Waals surface area (Å²) in [6, 6.07) is 6.08. The number of hydrogen-bond acceptors (Lipinski definition) is 1. The molecule has 0 spiro atoms. The Balaban J connectivity index is 2.43. The van der Waals surface area contributed by atoms with Gasteiger partial charge in [0.1, 0.15) is 5.82 Å². The van der Waals surface area contributed by atoms with E-state index in [-0.39, 0.29) is 16.6 Å². The van der Waals surface area contributed by atoms with Crippen molar-refractivity contribution in [3.63, 3.8) is 0 Å². The maximum atomic E-state index is 12.6. The van der Waals surface area contributed by atoms with Gasteiger partial charge in [-0.3, -0.25) is 4.79 Å². The van der Waals surface area contributed by atoms with Gasteiger partial charge in [-0.1, -0.05) is 35.0 Å². The standard InChI is InChI=1S/C11H13BrFNO/c1-2-10(12)11(15)14-7-8-3-5-9(13)6-4-8/h3-6,10H,2,7H2,1H3,(H,14,15)/t10-/m1/s1.